The number of carbonyl (C=O) groups is 4. The second-order valence-corrected chi connectivity index (χ2v) is 29.6. The summed E-state index contributed by atoms with van der Waals surface area (Å²) < 4.78 is 68.5. The highest BCUT2D eigenvalue weighted by molar-refractivity contribution is 7.47. The third-order valence-electron chi connectivity index (χ3n) is 17.0. The van der Waals surface area contributed by atoms with E-state index < -0.39 is 97.5 Å². The second-order valence-electron chi connectivity index (χ2n) is 26.7. The monoisotopic (exact) mass is 1430 g/mol. The molecule has 0 amide bonds. The molecule has 5 atom stereocenters. The topological polar surface area (TPSA) is 237 Å². The summed E-state index contributed by atoms with van der Waals surface area (Å²) in [7, 11) is -9.95. The van der Waals surface area contributed by atoms with Crippen molar-refractivity contribution in [2.45, 2.75) is 380 Å². The van der Waals surface area contributed by atoms with Gasteiger partial charge < -0.3 is 33.8 Å². The van der Waals surface area contributed by atoms with Gasteiger partial charge >= 0.3 is 39.5 Å². The minimum atomic E-state index is -4.98. The maximum Gasteiger partial charge on any atom is 0.472 e. The highest BCUT2D eigenvalue weighted by Crippen LogP contribution is 2.45. The van der Waals surface area contributed by atoms with E-state index in [4.69, 9.17) is 37.0 Å². The van der Waals surface area contributed by atoms with E-state index in [2.05, 4.69) is 88.5 Å². The highest BCUT2D eigenvalue weighted by atomic mass is 31.2. The summed E-state index contributed by atoms with van der Waals surface area (Å²) >= 11 is 0. The summed E-state index contributed by atoms with van der Waals surface area (Å²) in [5, 5.41) is 10.6. The van der Waals surface area contributed by atoms with Crippen molar-refractivity contribution < 1.29 is 80.2 Å². The van der Waals surface area contributed by atoms with Crippen molar-refractivity contribution >= 4 is 39.5 Å². The number of aliphatic hydroxyl groups is 1. The van der Waals surface area contributed by atoms with Crippen LogP contribution in [-0.2, 0) is 65.4 Å². The summed E-state index contributed by atoms with van der Waals surface area (Å²) in [5.41, 5.74) is 0. The average molecular weight is 1430 g/mol. The Morgan fingerprint density at radius 2 is 0.531 bits per heavy atom. The fourth-order valence-electron chi connectivity index (χ4n) is 10.9. The van der Waals surface area contributed by atoms with Crippen molar-refractivity contribution in [3.05, 3.63) is 60.8 Å². The molecule has 98 heavy (non-hydrogen) atoms. The number of phosphoric ester groups is 2. The van der Waals surface area contributed by atoms with Gasteiger partial charge in [-0.2, -0.15) is 0 Å². The van der Waals surface area contributed by atoms with E-state index in [0.29, 0.717) is 25.7 Å². The minimum Gasteiger partial charge on any atom is -0.462 e. The van der Waals surface area contributed by atoms with E-state index in [1.807, 2.05) is 0 Å². The van der Waals surface area contributed by atoms with Crippen LogP contribution < -0.4 is 0 Å². The van der Waals surface area contributed by atoms with E-state index in [9.17, 15) is 43.2 Å². The van der Waals surface area contributed by atoms with Gasteiger partial charge in [-0.1, -0.05) is 288 Å². The molecule has 0 aromatic carbocycles. The lowest BCUT2D eigenvalue weighted by atomic mass is 10.0. The number of allylic oxidation sites excluding steroid dienone is 10. The molecule has 2 unspecified atom stereocenters. The third-order valence-corrected chi connectivity index (χ3v) is 18.9. The van der Waals surface area contributed by atoms with E-state index in [0.717, 1.165) is 141 Å². The molecule has 19 heteroatoms. The number of carbonyl (C=O) groups excluding carboxylic acids is 4. The van der Waals surface area contributed by atoms with Crippen LogP contribution in [0.1, 0.15) is 362 Å². The Morgan fingerprint density at radius 1 is 0.296 bits per heavy atom. The normalized spacial score (nSPS) is 14.2. The fraction of sp³-hybridized carbons (Fsp3) is 0.823. The molecule has 0 bridgehead atoms. The van der Waals surface area contributed by atoms with Crippen LogP contribution in [0.2, 0.25) is 0 Å². The molecule has 0 aromatic rings. The number of hydrogen-bond acceptors (Lipinski definition) is 15. The van der Waals surface area contributed by atoms with E-state index in [-0.39, 0.29) is 25.7 Å². The Hall–Kier alpha value is -3.24. The Kier molecular flexibility index (Phi) is 69.7. The standard InChI is InChI=1S/C79H144O17P2/c1-5-9-13-17-21-25-29-33-36-40-44-48-52-56-60-64-77(82)90-70-75(96-79(84)66-62-58-54-50-46-42-38-35-31-27-23-19-15-11-7-3)72-94-98(87,88)92-68-73(80)67-91-97(85,86)93-71-74(69-89-76(81)63-59-55-51-47-43-39-32-28-24-20-16-12-8-4)95-78(83)65-61-57-53-49-45-41-37-34-30-26-22-18-14-10-6-2/h23,25,27,29,33-38,73-75,80H,5-22,24,26,28,30-32,39-72H2,1-4H3,(H,85,86)(H,87,88)/b27-23-,29-25-,36-33-,37-34-,38-35-/t73-,74+,75+/m0/s1. The van der Waals surface area contributed by atoms with Gasteiger partial charge in [0.15, 0.2) is 12.2 Å². The van der Waals surface area contributed by atoms with Crippen molar-refractivity contribution in [3.8, 4) is 0 Å². The lowest BCUT2D eigenvalue weighted by Crippen LogP contribution is -2.30. The van der Waals surface area contributed by atoms with Crippen molar-refractivity contribution in [1.82, 2.24) is 0 Å². The molecule has 0 heterocycles. The van der Waals surface area contributed by atoms with Crippen LogP contribution in [0.5, 0.6) is 0 Å². The van der Waals surface area contributed by atoms with Crippen molar-refractivity contribution in [3.63, 3.8) is 0 Å². The summed E-state index contributed by atoms with van der Waals surface area (Å²) in [5.74, 6) is -2.18. The molecular formula is C79H144O17P2. The van der Waals surface area contributed by atoms with Gasteiger partial charge in [0.2, 0.25) is 0 Å². The zero-order valence-electron chi connectivity index (χ0n) is 62.5. The van der Waals surface area contributed by atoms with Gasteiger partial charge in [-0.3, -0.25) is 37.3 Å². The molecule has 0 rings (SSSR count). The first-order valence-electron chi connectivity index (χ1n) is 39.5. The van der Waals surface area contributed by atoms with E-state index >= 15 is 0 Å². The zero-order chi connectivity index (χ0) is 71.8. The number of unbranched alkanes of at least 4 members (excludes halogenated alkanes) is 40. The summed E-state index contributed by atoms with van der Waals surface area (Å²) in [6, 6.07) is 0. The minimum absolute atomic E-state index is 0.0788. The molecule has 0 saturated carbocycles. The van der Waals surface area contributed by atoms with Crippen molar-refractivity contribution in [2.24, 2.45) is 0 Å². The average Bonchev–Trinajstić information content (AvgIpc) is 1.04. The third kappa shape index (κ3) is 71.2. The van der Waals surface area contributed by atoms with Gasteiger partial charge in [0.05, 0.1) is 26.4 Å². The molecule has 0 aliphatic heterocycles. The van der Waals surface area contributed by atoms with Crippen LogP contribution in [0.15, 0.2) is 60.8 Å². The van der Waals surface area contributed by atoms with Crippen LogP contribution in [0, 0.1) is 0 Å². The van der Waals surface area contributed by atoms with Gasteiger partial charge in [0.25, 0.3) is 0 Å². The molecule has 3 N–H and O–H groups in total. The molecule has 0 fully saturated rings. The number of ether oxygens (including phenoxy) is 4. The van der Waals surface area contributed by atoms with Crippen molar-refractivity contribution in [2.75, 3.05) is 39.6 Å². The number of aliphatic hydroxyl groups excluding tert-OH is 1. The van der Waals surface area contributed by atoms with Gasteiger partial charge in [-0.05, 0) is 109 Å². The SMILES string of the molecule is CCCCC/C=C\C/C=C\CCCCCCCC(=O)O[C@H](COC(=O)CCCCCCC/C=C\C=C/CCCCCC)COP(=O)(O)OC[C@@H](O)COP(=O)(O)OC[C@@H](COC(=O)CCCCCCCCCCCCCCC)OC(=O)CCCCCCC/C=C\CCCCCCCC. The molecule has 17 nitrogen and oxygen atoms in total. The molecule has 0 spiro atoms. The molecule has 0 aliphatic rings. The molecule has 0 radical (unpaired) electrons. The fourth-order valence-corrected chi connectivity index (χ4v) is 12.5. The number of phosphoric acid groups is 2. The predicted octanol–water partition coefficient (Wildman–Crippen LogP) is 22.7. The number of hydrogen-bond donors (Lipinski definition) is 3. The first kappa shape index (κ1) is 94.8. The summed E-state index contributed by atoms with van der Waals surface area (Å²) in [6.07, 6.45) is 70.5. The maximum atomic E-state index is 13.1. The number of esters is 4. The maximum absolute atomic E-state index is 13.1. The zero-order valence-corrected chi connectivity index (χ0v) is 64.3. The van der Waals surface area contributed by atoms with Gasteiger partial charge in [-0.15, -0.1) is 0 Å². The summed E-state index contributed by atoms with van der Waals surface area (Å²) in [6.45, 7) is 4.84. The molecule has 0 aliphatic carbocycles. The summed E-state index contributed by atoms with van der Waals surface area (Å²) in [4.78, 5) is 72.9. The van der Waals surface area contributed by atoms with Crippen LogP contribution in [-0.4, -0.2) is 96.7 Å². The lowest BCUT2D eigenvalue weighted by molar-refractivity contribution is -0.161. The predicted molar refractivity (Wildman–Crippen MR) is 400 cm³/mol. The lowest BCUT2D eigenvalue weighted by Gasteiger charge is -2.21. The molecule has 0 aromatic heterocycles. The molecule has 0 saturated heterocycles. The van der Waals surface area contributed by atoms with E-state index in [1.54, 1.807) is 0 Å². The van der Waals surface area contributed by atoms with Crippen LogP contribution >= 0.6 is 15.6 Å². The van der Waals surface area contributed by atoms with E-state index in [1.165, 1.54) is 141 Å². The largest absolute Gasteiger partial charge is 0.472 e. The van der Waals surface area contributed by atoms with Gasteiger partial charge in [-0.25, -0.2) is 9.13 Å². The van der Waals surface area contributed by atoms with Crippen LogP contribution in [0.4, 0.5) is 0 Å². The Labute approximate surface area is 597 Å². The van der Waals surface area contributed by atoms with Crippen molar-refractivity contribution in [1.29, 1.82) is 0 Å². The van der Waals surface area contributed by atoms with Crippen LogP contribution in [0.3, 0.4) is 0 Å². The first-order chi connectivity index (χ1) is 47.7. The Bertz CT molecular complexity index is 2100. The quantitative estimate of drug-likeness (QED) is 0.0128. The van der Waals surface area contributed by atoms with Gasteiger partial charge in [0.1, 0.15) is 19.3 Å². The molecule has 572 valence electrons. The Morgan fingerprint density at radius 3 is 0.857 bits per heavy atom. The Balaban J connectivity index is 5.35. The first-order valence-corrected chi connectivity index (χ1v) is 42.5. The van der Waals surface area contributed by atoms with Crippen LogP contribution in [0.25, 0.3) is 0 Å². The highest BCUT2D eigenvalue weighted by Gasteiger charge is 2.30. The second kappa shape index (κ2) is 72.1. The molecular weight excluding hydrogens is 1280 g/mol. The van der Waals surface area contributed by atoms with Gasteiger partial charge in [0, 0.05) is 25.7 Å². The number of rotatable bonds is 75. The smallest absolute Gasteiger partial charge is 0.462 e.